The molecule has 7 heteroatoms. The van der Waals surface area contributed by atoms with Gasteiger partial charge in [0.15, 0.2) is 0 Å². The minimum atomic E-state index is -0.494. The highest BCUT2D eigenvalue weighted by atomic mass is 35.5. The van der Waals surface area contributed by atoms with Gasteiger partial charge in [-0.3, -0.25) is 9.59 Å². The Bertz CT molecular complexity index is 708. The molecule has 1 aromatic carbocycles. The van der Waals surface area contributed by atoms with Crippen LogP contribution >= 0.6 is 23.2 Å². The lowest BCUT2D eigenvalue weighted by molar-refractivity contribution is -0.138. The van der Waals surface area contributed by atoms with Gasteiger partial charge >= 0.3 is 0 Å². The minimum absolute atomic E-state index is 0.00829. The van der Waals surface area contributed by atoms with Crippen LogP contribution in [0.15, 0.2) is 18.2 Å². The quantitative estimate of drug-likeness (QED) is 0.764. The van der Waals surface area contributed by atoms with Gasteiger partial charge in [0.25, 0.3) is 0 Å². The SMILES string of the molecule is CC(C)[C@@H](NC(=O)CC(C)(C)C)C(=O)N1CCN(c2ccc(Cl)c(Cl)c2)CC1. The van der Waals surface area contributed by atoms with Crippen molar-refractivity contribution in [1.29, 1.82) is 0 Å². The fourth-order valence-corrected chi connectivity index (χ4v) is 3.58. The van der Waals surface area contributed by atoms with E-state index in [1.165, 1.54) is 0 Å². The van der Waals surface area contributed by atoms with Crippen molar-refractivity contribution in [2.24, 2.45) is 11.3 Å². The Morgan fingerprint density at radius 1 is 1.07 bits per heavy atom. The maximum Gasteiger partial charge on any atom is 0.245 e. The van der Waals surface area contributed by atoms with Crippen LogP contribution in [0.5, 0.6) is 0 Å². The number of carbonyl (C=O) groups excluding carboxylic acids is 2. The van der Waals surface area contributed by atoms with Crippen molar-refractivity contribution in [3.8, 4) is 0 Å². The number of carbonyl (C=O) groups is 2. The zero-order valence-corrected chi connectivity index (χ0v) is 18.9. The van der Waals surface area contributed by atoms with E-state index in [0.29, 0.717) is 42.6 Å². The van der Waals surface area contributed by atoms with Gasteiger partial charge in [-0.1, -0.05) is 57.8 Å². The summed E-state index contributed by atoms with van der Waals surface area (Å²) in [6, 6.07) is 5.09. The Morgan fingerprint density at radius 3 is 2.18 bits per heavy atom. The molecule has 28 heavy (non-hydrogen) atoms. The molecular formula is C21H31Cl2N3O2. The van der Waals surface area contributed by atoms with E-state index in [0.717, 1.165) is 5.69 Å². The van der Waals surface area contributed by atoms with Crippen molar-refractivity contribution >= 4 is 40.7 Å². The maximum absolute atomic E-state index is 13.0. The highest BCUT2D eigenvalue weighted by Crippen LogP contribution is 2.28. The molecule has 0 saturated carbocycles. The standard InChI is InChI=1S/C21H31Cl2N3O2/c1-14(2)19(24-18(27)13-21(3,4)5)20(28)26-10-8-25(9-11-26)15-6-7-16(22)17(23)12-15/h6-7,12,14,19H,8-11,13H2,1-5H3,(H,24,27)/t19-/m1/s1. The summed E-state index contributed by atoms with van der Waals surface area (Å²) in [6.07, 6.45) is 0.397. The predicted octanol–water partition coefficient (Wildman–Crippen LogP) is 4.22. The summed E-state index contributed by atoms with van der Waals surface area (Å²) in [5, 5.41) is 4.01. The first-order chi connectivity index (χ1) is 13.0. The molecule has 1 aromatic rings. The molecule has 5 nitrogen and oxygen atoms in total. The molecule has 1 N–H and O–H groups in total. The van der Waals surface area contributed by atoms with Crippen molar-refractivity contribution in [3.05, 3.63) is 28.2 Å². The number of nitrogens with one attached hydrogen (secondary N) is 1. The van der Waals surface area contributed by atoms with E-state index < -0.39 is 6.04 Å². The van der Waals surface area contributed by atoms with Crippen LogP contribution in [0.2, 0.25) is 10.0 Å². The topological polar surface area (TPSA) is 52.7 Å². The van der Waals surface area contributed by atoms with Crippen LogP contribution in [0, 0.1) is 11.3 Å². The van der Waals surface area contributed by atoms with Crippen molar-refractivity contribution in [2.45, 2.75) is 47.1 Å². The highest BCUT2D eigenvalue weighted by molar-refractivity contribution is 6.42. The maximum atomic E-state index is 13.0. The lowest BCUT2D eigenvalue weighted by Crippen LogP contribution is -2.56. The molecular weight excluding hydrogens is 397 g/mol. The summed E-state index contributed by atoms with van der Waals surface area (Å²) in [7, 11) is 0. The van der Waals surface area contributed by atoms with Crippen LogP contribution in [0.3, 0.4) is 0 Å². The lowest BCUT2D eigenvalue weighted by Gasteiger charge is -2.38. The zero-order chi connectivity index (χ0) is 21.1. The monoisotopic (exact) mass is 427 g/mol. The summed E-state index contributed by atoms with van der Waals surface area (Å²) in [6.45, 7) is 12.6. The van der Waals surface area contributed by atoms with Crippen molar-refractivity contribution in [2.75, 3.05) is 31.1 Å². The van der Waals surface area contributed by atoms with Crippen LogP contribution in [0.25, 0.3) is 0 Å². The molecule has 0 bridgehead atoms. The zero-order valence-electron chi connectivity index (χ0n) is 17.4. The van der Waals surface area contributed by atoms with Crippen molar-refractivity contribution in [1.82, 2.24) is 10.2 Å². The molecule has 0 aromatic heterocycles. The number of hydrogen-bond donors (Lipinski definition) is 1. The molecule has 0 unspecified atom stereocenters. The van der Waals surface area contributed by atoms with E-state index in [2.05, 4.69) is 10.2 Å². The molecule has 1 aliphatic heterocycles. The largest absolute Gasteiger partial charge is 0.368 e. The molecule has 1 heterocycles. The molecule has 1 atom stereocenters. The fourth-order valence-electron chi connectivity index (χ4n) is 3.28. The fraction of sp³-hybridized carbons (Fsp3) is 0.619. The number of rotatable bonds is 5. The highest BCUT2D eigenvalue weighted by Gasteiger charge is 2.31. The van der Waals surface area contributed by atoms with Gasteiger partial charge in [0, 0.05) is 38.3 Å². The third kappa shape index (κ3) is 6.28. The van der Waals surface area contributed by atoms with E-state index >= 15 is 0 Å². The van der Waals surface area contributed by atoms with Gasteiger partial charge in [-0.05, 0) is 29.5 Å². The number of piperazine rings is 1. The van der Waals surface area contributed by atoms with Gasteiger partial charge in [-0.15, -0.1) is 0 Å². The second kappa shape index (κ2) is 9.36. The molecule has 0 aliphatic carbocycles. The van der Waals surface area contributed by atoms with E-state index in [-0.39, 0.29) is 23.1 Å². The Balaban J connectivity index is 1.97. The number of benzene rings is 1. The van der Waals surface area contributed by atoms with E-state index in [9.17, 15) is 9.59 Å². The molecule has 1 saturated heterocycles. The third-order valence-electron chi connectivity index (χ3n) is 4.80. The van der Waals surface area contributed by atoms with E-state index in [1.807, 2.05) is 51.7 Å². The lowest BCUT2D eigenvalue weighted by atomic mass is 9.91. The smallest absolute Gasteiger partial charge is 0.245 e. The van der Waals surface area contributed by atoms with Gasteiger partial charge in [0.05, 0.1) is 10.0 Å². The van der Waals surface area contributed by atoms with Crippen LogP contribution in [-0.2, 0) is 9.59 Å². The normalized spacial score (nSPS) is 16.3. The first-order valence-electron chi connectivity index (χ1n) is 9.76. The molecule has 0 radical (unpaired) electrons. The third-order valence-corrected chi connectivity index (χ3v) is 5.54. The number of hydrogen-bond acceptors (Lipinski definition) is 3. The summed E-state index contributed by atoms with van der Waals surface area (Å²) < 4.78 is 0. The van der Waals surface area contributed by atoms with Crippen LogP contribution in [-0.4, -0.2) is 48.9 Å². The summed E-state index contributed by atoms with van der Waals surface area (Å²) >= 11 is 12.1. The number of nitrogens with zero attached hydrogens (tertiary/aromatic N) is 2. The first kappa shape index (κ1) is 22.8. The molecule has 156 valence electrons. The molecule has 2 rings (SSSR count). The van der Waals surface area contributed by atoms with E-state index in [1.54, 1.807) is 6.07 Å². The van der Waals surface area contributed by atoms with Crippen LogP contribution < -0.4 is 10.2 Å². The van der Waals surface area contributed by atoms with Gasteiger partial charge in [0.1, 0.15) is 6.04 Å². The Kier molecular flexibility index (Phi) is 7.63. The molecule has 1 fully saturated rings. The van der Waals surface area contributed by atoms with Gasteiger partial charge in [-0.25, -0.2) is 0 Å². The van der Waals surface area contributed by atoms with E-state index in [4.69, 9.17) is 23.2 Å². The number of amides is 2. The van der Waals surface area contributed by atoms with Crippen LogP contribution in [0.1, 0.15) is 41.0 Å². The Hall–Kier alpha value is -1.46. The second-order valence-electron chi connectivity index (χ2n) is 8.94. The number of halogens is 2. The predicted molar refractivity (Wildman–Crippen MR) is 116 cm³/mol. The van der Waals surface area contributed by atoms with Gasteiger partial charge in [0.2, 0.25) is 11.8 Å². The minimum Gasteiger partial charge on any atom is -0.368 e. The first-order valence-corrected chi connectivity index (χ1v) is 10.5. The summed E-state index contributed by atoms with van der Waals surface area (Å²) in [4.78, 5) is 29.4. The van der Waals surface area contributed by atoms with Crippen molar-refractivity contribution < 1.29 is 9.59 Å². The average Bonchev–Trinajstić information content (AvgIpc) is 2.60. The van der Waals surface area contributed by atoms with Crippen LogP contribution in [0.4, 0.5) is 5.69 Å². The molecule has 1 aliphatic rings. The average molecular weight is 428 g/mol. The number of anilines is 1. The van der Waals surface area contributed by atoms with Gasteiger partial charge in [-0.2, -0.15) is 0 Å². The Labute approximate surface area is 178 Å². The van der Waals surface area contributed by atoms with Crippen molar-refractivity contribution in [3.63, 3.8) is 0 Å². The second-order valence-corrected chi connectivity index (χ2v) is 9.75. The molecule has 0 spiro atoms. The van der Waals surface area contributed by atoms with Gasteiger partial charge < -0.3 is 15.1 Å². The summed E-state index contributed by atoms with van der Waals surface area (Å²) in [5.41, 5.74) is 0.889. The Morgan fingerprint density at radius 2 is 1.68 bits per heavy atom. The summed E-state index contributed by atoms with van der Waals surface area (Å²) in [5.74, 6) is -0.0513. The molecule has 2 amide bonds.